The largest absolute Gasteiger partial charge is 0.330 e. The van der Waals surface area contributed by atoms with E-state index in [9.17, 15) is 9.18 Å². The Morgan fingerprint density at radius 3 is 2.67 bits per heavy atom. The molecule has 1 saturated heterocycles. The quantitative estimate of drug-likeness (QED) is 0.670. The first kappa shape index (κ1) is 17.4. The zero-order chi connectivity index (χ0) is 18.6. The predicted molar refractivity (Wildman–Crippen MR) is 103 cm³/mol. The molecule has 1 aliphatic rings. The van der Waals surface area contributed by atoms with Crippen molar-refractivity contribution < 1.29 is 9.18 Å². The van der Waals surface area contributed by atoms with Crippen LogP contribution >= 0.6 is 0 Å². The van der Waals surface area contributed by atoms with Gasteiger partial charge in [0.25, 0.3) is 5.91 Å². The maximum Gasteiger partial charge on any atom is 0.254 e. The van der Waals surface area contributed by atoms with Gasteiger partial charge < -0.3 is 4.90 Å². The number of hydrogen-bond donors (Lipinski definition) is 0. The summed E-state index contributed by atoms with van der Waals surface area (Å²) >= 11 is 0. The Labute approximate surface area is 158 Å². The van der Waals surface area contributed by atoms with Crippen LogP contribution in [0.3, 0.4) is 0 Å². The van der Waals surface area contributed by atoms with Gasteiger partial charge in [-0.2, -0.15) is 0 Å². The molecule has 136 valence electrons. The second-order valence-electron chi connectivity index (χ2n) is 6.88. The van der Waals surface area contributed by atoms with Gasteiger partial charge in [-0.25, -0.2) is 4.39 Å². The molecule has 1 fully saturated rings. The molecular weight excluding hydrogens is 339 g/mol. The van der Waals surface area contributed by atoms with Gasteiger partial charge in [0.2, 0.25) is 0 Å². The first-order valence-corrected chi connectivity index (χ1v) is 9.27. The molecule has 0 radical (unpaired) electrons. The molecule has 0 aliphatic carbocycles. The summed E-state index contributed by atoms with van der Waals surface area (Å²) in [4.78, 5) is 19.6. The van der Waals surface area contributed by atoms with E-state index in [1.807, 2.05) is 59.5 Å². The molecule has 0 unspecified atom stereocenters. The van der Waals surface area contributed by atoms with Gasteiger partial charge in [0.1, 0.15) is 5.82 Å². The highest BCUT2D eigenvalue weighted by Gasteiger charge is 2.31. The number of benzene rings is 2. The van der Waals surface area contributed by atoms with Gasteiger partial charge in [-0.3, -0.25) is 9.78 Å². The number of nitrogens with zero attached hydrogens (tertiary/aromatic N) is 2. The standard InChI is InChI=1S/C23H21FN2O/c24-19-10-4-7-17(15-19)16-20-11-5-12-21(25-20)22-13-6-14-26(22)23(27)18-8-2-1-3-9-18/h1-5,7-12,15,22H,6,13-14,16H2/t22-/m0/s1. The van der Waals surface area contributed by atoms with Crippen LogP contribution in [0.15, 0.2) is 72.8 Å². The van der Waals surface area contributed by atoms with Crippen molar-refractivity contribution in [3.05, 3.63) is 101 Å². The van der Waals surface area contributed by atoms with Crippen LogP contribution in [0, 0.1) is 5.82 Å². The van der Waals surface area contributed by atoms with Crippen molar-refractivity contribution in [2.75, 3.05) is 6.54 Å². The SMILES string of the molecule is O=C(c1ccccc1)N1CCC[C@H]1c1cccc(Cc2cccc(F)c2)n1. The van der Waals surface area contributed by atoms with Crippen molar-refractivity contribution in [3.63, 3.8) is 0 Å². The van der Waals surface area contributed by atoms with Crippen LogP contribution in [0.25, 0.3) is 0 Å². The van der Waals surface area contributed by atoms with Crippen molar-refractivity contribution in [1.29, 1.82) is 0 Å². The van der Waals surface area contributed by atoms with E-state index in [0.717, 1.165) is 36.3 Å². The van der Waals surface area contributed by atoms with E-state index in [1.165, 1.54) is 12.1 Å². The minimum Gasteiger partial charge on any atom is -0.330 e. The fourth-order valence-electron chi connectivity index (χ4n) is 3.70. The maximum atomic E-state index is 13.4. The van der Waals surface area contributed by atoms with Crippen LogP contribution < -0.4 is 0 Å². The van der Waals surface area contributed by atoms with Crippen LogP contribution in [-0.2, 0) is 6.42 Å². The number of halogens is 1. The van der Waals surface area contributed by atoms with Crippen LogP contribution in [0.2, 0.25) is 0 Å². The molecule has 4 heteroatoms. The fourth-order valence-corrected chi connectivity index (χ4v) is 3.70. The molecule has 27 heavy (non-hydrogen) atoms. The highest BCUT2D eigenvalue weighted by Crippen LogP contribution is 2.32. The highest BCUT2D eigenvalue weighted by atomic mass is 19.1. The molecule has 2 aromatic carbocycles. The summed E-state index contributed by atoms with van der Waals surface area (Å²) in [6.07, 6.45) is 2.46. The van der Waals surface area contributed by atoms with E-state index >= 15 is 0 Å². The molecule has 1 amide bonds. The Hall–Kier alpha value is -3.01. The van der Waals surface area contributed by atoms with Crippen LogP contribution in [0.1, 0.15) is 46.2 Å². The van der Waals surface area contributed by atoms with Gasteiger partial charge in [-0.05, 0) is 54.8 Å². The zero-order valence-corrected chi connectivity index (χ0v) is 15.0. The molecule has 3 aromatic rings. The number of hydrogen-bond acceptors (Lipinski definition) is 2. The molecule has 0 saturated carbocycles. The number of rotatable bonds is 4. The van der Waals surface area contributed by atoms with E-state index in [0.29, 0.717) is 12.0 Å². The molecule has 0 spiro atoms. The lowest BCUT2D eigenvalue weighted by Gasteiger charge is -2.24. The molecule has 1 aliphatic heterocycles. The minimum absolute atomic E-state index is 0.00911. The van der Waals surface area contributed by atoms with E-state index in [-0.39, 0.29) is 17.8 Å². The van der Waals surface area contributed by atoms with Gasteiger partial charge in [0.15, 0.2) is 0 Å². The molecule has 0 N–H and O–H groups in total. The van der Waals surface area contributed by atoms with Crippen molar-refractivity contribution in [2.45, 2.75) is 25.3 Å². The Morgan fingerprint density at radius 2 is 1.85 bits per heavy atom. The average Bonchev–Trinajstić information content (AvgIpc) is 3.18. The summed E-state index contributed by atoms with van der Waals surface area (Å²) < 4.78 is 13.4. The highest BCUT2D eigenvalue weighted by molar-refractivity contribution is 5.94. The van der Waals surface area contributed by atoms with Gasteiger partial charge in [0, 0.05) is 24.2 Å². The lowest BCUT2D eigenvalue weighted by Crippen LogP contribution is -2.31. The lowest BCUT2D eigenvalue weighted by atomic mass is 10.1. The molecule has 3 nitrogen and oxygen atoms in total. The number of carbonyl (C=O) groups excluding carboxylic acids is 1. The third-order valence-corrected chi connectivity index (χ3v) is 4.98. The number of carbonyl (C=O) groups is 1. The van der Waals surface area contributed by atoms with Crippen molar-refractivity contribution >= 4 is 5.91 Å². The van der Waals surface area contributed by atoms with Crippen molar-refractivity contribution in [3.8, 4) is 0 Å². The van der Waals surface area contributed by atoms with Gasteiger partial charge in [0.05, 0.1) is 11.7 Å². The average molecular weight is 360 g/mol. The summed E-state index contributed by atoms with van der Waals surface area (Å²) in [6.45, 7) is 0.744. The summed E-state index contributed by atoms with van der Waals surface area (Å²) in [6, 6.07) is 21.9. The zero-order valence-electron chi connectivity index (χ0n) is 15.0. The fraction of sp³-hybridized carbons (Fsp3) is 0.217. The third-order valence-electron chi connectivity index (χ3n) is 4.98. The number of pyridine rings is 1. The number of likely N-dealkylation sites (tertiary alicyclic amines) is 1. The van der Waals surface area contributed by atoms with Crippen LogP contribution in [-0.4, -0.2) is 22.3 Å². The van der Waals surface area contributed by atoms with Crippen LogP contribution in [0.5, 0.6) is 0 Å². The molecule has 1 atom stereocenters. The summed E-state index contributed by atoms with van der Waals surface area (Å²) in [5.41, 5.74) is 3.39. The molecular formula is C23H21FN2O. The maximum absolute atomic E-state index is 13.4. The Kier molecular flexibility index (Phi) is 4.97. The third kappa shape index (κ3) is 3.90. The predicted octanol–water partition coefficient (Wildman–Crippen LogP) is 4.79. The summed E-state index contributed by atoms with van der Waals surface area (Å²) in [5, 5.41) is 0. The first-order chi connectivity index (χ1) is 13.2. The van der Waals surface area contributed by atoms with Crippen molar-refractivity contribution in [1.82, 2.24) is 9.88 Å². The lowest BCUT2D eigenvalue weighted by molar-refractivity contribution is 0.0733. The van der Waals surface area contributed by atoms with E-state index in [2.05, 4.69) is 0 Å². The van der Waals surface area contributed by atoms with Gasteiger partial charge in [-0.15, -0.1) is 0 Å². The van der Waals surface area contributed by atoms with E-state index in [1.54, 1.807) is 6.07 Å². The second kappa shape index (κ2) is 7.70. The minimum atomic E-state index is -0.237. The second-order valence-corrected chi connectivity index (χ2v) is 6.88. The first-order valence-electron chi connectivity index (χ1n) is 9.27. The summed E-state index contributed by atoms with van der Waals surface area (Å²) in [5.74, 6) is -0.186. The topological polar surface area (TPSA) is 33.2 Å². The normalized spacial score (nSPS) is 16.5. The van der Waals surface area contributed by atoms with Gasteiger partial charge in [-0.1, -0.05) is 36.4 Å². The Morgan fingerprint density at radius 1 is 1.04 bits per heavy atom. The number of aromatic nitrogens is 1. The smallest absolute Gasteiger partial charge is 0.254 e. The molecule has 4 rings (SSSR count). The Bertz CT molecular complexity index is 942. The van der Waals surface area contributed by atoms with Crippen molar-refractivity contribution in [2.24, 2.45) is 0 Å². The monoisotopic (exact) mass is 360 g/mol. The Balaban J connectivity index is 1.56. The molecule has 2 heterocycles. The molecule has 0 bridgehead atoms. The van der Waals surface area contributed by atoms with Crippen LogP contribution in [0.4, 0.5) is 4.39 Å². The van der Waals surface area contributed by atoms with E-state index in [4.69, 9.17) is 4.98 Å². The molecule has 1 aromatic heterocycles. The number of amides is 1. The van der Waals surface area contributed by atoms with E-state index < -0.39 is 0 Å². The van der Waals surface area contributed by atoms with Gasteiger partial charge >= 0.3 is 0 Å². The summed E-state index contributed by atoms with van der Waals surface area (Å²) in [7, 11) is 0.